The minimum Gasteiger partial charge on any atom is -0.372 e. The summed E-state index contributed by atoms with van der Waals surface area (Å²) in [5, 5.41) is 3.55. The third-order valence-electron chi connectivity index (χ3n) is 3.65. The average Bonchev–Trinajstić information content (AvgIpc) is 2.87. The third kappa shape index (κ3) is 3.46. The van der Waals surface area contributed by atoms with Crippen LogP contribution in [-0.4, -0.2) is 26.9 Å². The van der Waals surface area contributed by atoms with Gasteiger partial charge in [-0.1, -0.05) is 19.3 Å². The van der Waals surface area contributed by atoms with Gasteiger partial charge in [0.05, 0.1) is 6.20 Å². The molecule has 6 heteroatoms. The number of carbonyl (C=O) groups is 1. The first-order valence-corrected chi connectivity index (χ1v) is 6.90. The van der Waals surface area contributed by atoms with Gasteiger partial charge >= 0.3 is 0 Å². The fourth-order valence-corrected chi connectivity index (χ4v) is 2.66. The van der Waals surface area contributed by atoms with E-state index in [-0.39, 0.29) is 11.9 Å². The number of nitrogens with zero attached hydrogens (tertiary/aromatic N) is 2. The highest BCUT2D eigenvalue weighted by Crippen LogP contribution is 2.30. The summed E-state index contributed by atoms with van der Waals surface area (Å²) in [5.41, 5.74) is 6.13. The van der Waals surface area contributed by atoms with Crippen LogP contribution in [0.5, 0.6) is 0 Å². The summed E-state index contributed by atoms with van der Waals surface area (Å²) in [6, 6.07) is 1.96. The molecule has 0 radical (unpaired) electrons. The van der Waals surface area contributed by atoms with Crippen LogP contribution in [0.3, 0.4) is 0 Å². The number of fused-ring (bicyclic) bond motifs is 1. The summed E-state index contributed by atoms with van der Waals surface area (Å²) in [5.74, 6) is 0.890. The summed E-state index contributed by atoms with van der Waals surface area (Å²) in [6.45, 7) is 2.29. The maximum absolute atomic E-state index is 8.58. The lowest BCUT2D eigenvalue weighted by molar-refractivity contribution is -0.106. The Kier molecular flexibility index (Phi) is 4.55. The zero-order valence-corrected chi connectivity index (χ0v) is 11.7. The van der Waals surface area contributed by atoms with Crippen molar-refractivity contribution >= 4 is 23.4 Å². The van der Waals surface area contributed by atoms with Gasteiger partial charge in [-0.25, -0.2) is 9.97 Å². The molecule has 1 aliphatic rings. The Bertz CT molecular complexity index is 559. The van der Waals surface area contributed by atoms with Crippen LogP contribution in [0.15, 0.2) is 18.5 Å². The van der Waals surface area contributed by atoms with Gasteiger partial charge in [0, 0.05) is 11.7 Å². The molecule has 1 saturated carbocycles. The number of carbonyl (C=O) groups excluding carboxylic acids is 1. The van der Waals surface area contributed by atoms with Crippen molar-refractivity contribution in [3.63, 3.8) is 0 Å². The molecule has 108 valence electrons. The largest absolute Gasteiger partial charge is 0.372 e. The highest BCUT2D eigenvalue weighted by atomic mass is 16.1. The first kappa shape index (κ1) is 14.3. The van der Waals surface area contributed by atoms with Crippen LogP contribution in [0.4, 0.5) is 5.82 Å². The van der Waals surface area contributed by atoms with E-state index in [2.05, 4.69) is 32.9 Å². The molecule has 0 aromatic carbocycles. The number of anilines is 1. The van der Waals surface area contributed by atoms with Crippen molar-refractivity contribution < 1.29 is 4.79 Å². The molecule has 0 spiro atoms. The van der Waals surface area contributed by atoms with Crippen molar-refractivity contribution in [1.29, 1.82) is 0 Å². The molecule has 3 rings (SSSR count). The Morgan fingerprint density at radius 3 is 2.80 bits per heavy atom. The maximum atomic E-state index is 8.58. The van der Waals surface area contributed by atoms with E-state index >= 15 is 0 Å². The number of aromatic amines is 1. The Balaban J connectivity index is 0.000000452. The SMILES string of the molecule is CC1(Nc2cnc3[nH]ccc3n2)CCCCC1.NC=O. The third-order valence-corrected chi connectivity index (χ3v) is 3.65. The second-order valence-electron chi connectivity index (χ2n) is 5.35. The molecule has 0 aliphatic heterocycles. The van der Waals surface area contributed by atoms with E-state index in [0.29, 0.717) is 0 Å². The van der Waals surface area contributed by atoms with Gasteiger partial charge < -0.3 is 16.0 Å². The first-order chi connectivity index (χ1) is 9.67. The quantitative estimate of drug-likeness (QED) is 0.732. The highest BCUT2D eigenvalue weighted by molar-refractivity contribution is 5.71. The predicted molar refractivity (Wildman–Crippen MR) is 79.3 cm³/mol. The topological polar surface area (TPSA) is 96.7 Å². The molecule has 0 atom stereocenters. The number of rotatable bonds is 2. The van der Waals surface area contributed by atoms with Gasteiger partial charge in [-0.2, -0.15) is 0 Å². The molecule has 20 heavy (non-hydrogen) atoms. The summed E-state index contributed by atoms with van der Waals surface area (Å²) in [6.07, 6.45) is 10.4. The average molecular weight is 275 g/mol. The minimum atomic E-state index is 0.191. The van der Waals surface area contributed by atoms with Crippen LogP contribution in [0, 0.1) is 0 Å². The second kappa shape index (κ2) is 6.36. The molecule has 1 amide bonds. The Labute approximate surface area is 118 Å². The van der Waals surface area contributed by atoms with Crippen LogP contribution >= 0.6 is 0 Å². The molecule has 0 bridgehead atoms. The summed E-state index contributed by atoms with van der Waals surface area (Å²) < 4.78 is 0. The van der Waals surface area contributed by atoms with Crippen LogP contribution in [-0.2, 0) is 4.79 Å². The molecule has 1 fully saturated rings. The number of nitrogens with one attached hydrogen (secondary N) is 2. The standard InChI is InChI=1S/C13H18N4.CH3NO/c1-13(6-3-2-4-7-13)17-11-9-15-12-10(16-11)5-8-14-12;2-1-3/h5,8-9H,2-4,6-7H2,1H3,(H,14,15)(H,16,17);1H,(H2,2,3). The number of amides is 1. The van der Waals surface area contributed by atoms with Crippen molar-refractivity contribution in [2.45, 2.75) is 44.6 Å². The normalized spacial score (nSPS) is 17.1. The van der Waals surface area contributed by atoms with Crippen LogP contribution < -0.4 is 11.1 Å². The van der Waals surface area contributed by atoms with Crippen LogP contribution in [0.1, 0.15) is 39.0 Å². The van der Waals surface area contributed by atoms with E-state index in [0.717, 1.165) is 17.0 Å². The fraction of sp³-hybridized carbons (Fsp3) is 0.500. The van der Waals surface area contributed by atoms with Crippen LogP contribution in [0.2, 0.25) is 0 Å². The molecule has 4 N–H and O–H groups in total. The van der Waals surface area contributed by atoms with Crippen molar-refractivity contribution in [2.75, 3.05) is 5.32 Å². The van der Waals surface area contributed by atoms with E-state index in [4.69, 9.17) is 4.79 Å². The van der Waals surface area contributed by atoms with Gasteiger partial charge in [0.25, 0.3) is 0 Å². The number of nitrogens with two attached hydrogens (primary N) is 1. The van der Waals surface area contributed by atoms with Crippen molar-refractivity contribution in [1.82, 2.24) is 15.0 Å². The van der Waals surface area contributed by atoms with Gasteiger partial charge in [0.15, 0.2) is 5.65 Å². The lowest BCUT2D eigenvalue weighted by Gasteiger charge is -2.34. The minimum absolute atomic E-state index is 0.191. The molecule has 0 saturated heterocycles. The number of aromatic nitrogens is 3. The second-order valence-corrected chi connectivity index (χ2v) is 5.35. The van der Waals surface area contributed by atoms with Crippen molar-refractivity contribution in [3.8, 4) is 0 Å². The monoisotopic (exact) mass is 275 g/mol. The van der Waals surface area contributed by atoms with Gasteiger partial charge in [-0.3, -0.25) is 4.79 Å². The van der Waals surface area contributed by atoms with Crippen LogP contribution in [0.25, 0.3) is 11.2 Å². The number of hydrogen-bond acceptors (Lipinski definition) is 4. The smallest absolute Gasteiger partial charge is 0.204 e. The zero-order chi connectivity index (χ0) is 14.4. The maximum Gasteiger partial charge on any atom is 0.204 e. The summed E-state index contributed by atoms with van der Waals surface area (Å²) >= 11 is 0. The Hall–Kier alpha value is -2.11. The molecule has 2 aromatic rings. The molecule has 0 unspecified atom stereocenters. The predicted octanol–water partition coefficient (Wildman–Crippen LogP) is 2.19. The van der Waals surface area contributed by atoms with Crippen molar-refractivity contribution in [2.24, 2.45) is 5.73 Å². The van der Waals surface area contributed by atoms with Gasteiger partial charge in [0.2, 0.25) is 6.41 Å². The van der Waals surface area contributed by atoms with E-state index in [1.807, 2.05) is 18.5 Å². The van der Waals surface area contributed by atoms with E-state index in [1.54, 1.807) is 0 Å². The molecular formula is C14H21N5O. The van der Waals surface area contributed by atoms with Gasteiger partial charge in [-0.05, 0) is 25.8 Å². The summed E-state index contributed by atoms with van der Waals surface area (Å²) in [7, 11) is 0. The highest BCUT2D eigenvalue weighted by Gasteiger charge is 2.26. The molecular weight excluding hydrogens is 254 g/mol. The molecule has 1 aliphatic carbocycles. The number of H-pyrrole nitrogens is 1. The van der Waals surface area contributed by atoms with E-state index in [1.165, 1.54) is 32.1 Å². The van der Waals surface area contributed by atoms with E-state index in [9.17, 15) is 0 Å². The Morgan fingerprint density at radius 2 is 2.10 bits per heavy atom. The fourth-order valence-electron chi connectivity index (χ4n) is 2.66. The summed E-state index contributed by atoms with van der Waals surface area (Å²) in [4.78, 5) is 20.6. The van der Waals surface area contributed by atoms with E-state index < -0.39 is 0 Å². The number of primary amides is 1. The number of hydrogen-bond donors (Lipinski definition) is 3. The van der Waals surface area contributed by atoms with Crippen molar-refractivity contribution in [3.05, 3.63) is 18.5 Å². The Morgan fingerprint density at radius 1 is 1.40 bits per heavy atom. The van der Waals surface area contributed by atoms with Gasteiger partial charge in [0.1, 0.15) is 11.3 Å². The van der Waals surface area contributed by atoms with Gasteiger partial charge in [-0.15, -0.1) is 0 Å². The lowest BCUT2D eigenvalue weighted by atomic mass is 9.83. The first-order valence-electron chi connectivity index (χ1n) is 6.90. The molecule has 2 aromatic heterocycles. The zero-order valence-electron chi connectivity index (χ0n) is 11.7. The molecule has 2 heterocycles. The lowest BCUT2D eigenvalue weighted by Crippen LogP contribution is -2.37. The molecule has 6 nitrogen and oxygen atoms in total.